The second-order valence-electron chi connectivity index (χ2n) is 6.13. The van der Waals surface area contributed by atoms with Gasteiger partial charge in [-0.15, -0.1) is 0 Å². The molecule has 120 valence electrons. The smallest absolute Gasteiger partial charge is 0.243 e. The van der Waals surface area contributed by atoms with Crippen LogP contribution >= 0.6 is 0 Å². The van der Waals surface area contributed by atoms with Gasteiger partial charge in [0.2, 0.25) is 5.89 Å². The van der Waals surface area contributed by atoms with E-state index in [0.717, 1.165) is 31.2 Å². The molecule has 0 N–H and O–H groups in total. The number of rotatable bonds is 4. The van der Waals surface area contributed by atoms with Gasteiger partial charge in [0, 0.05) is 6.04 Å². The molecule has 0 bridgehead atoms. The Morgan fingerprint density at radius 1 is 1.18 bits per heavy atom. The molecular weight excluding hydrogens is 280 g/mol. The number of hydrogen-bond acceptors (Lipinski definition) is 6. The Bertz CT molecular complexity index is 634. The van der Waals surface area contributed by atoms with Crippen LogP contribution in [0.15, 0.2) is 4.52 Å². The normalized spacial score (nSPS) is 21.2. The predicted molar refractivity (Wildman–Crippen MR) is 81.3 cm³/mol. The third-order valence-corrected chi connectivity index (χ3v) is 4.42. The molecule has 0 saturated carbocycles. The summed E-state index contributed by atoms with van der Waals surface area (Å²) in [5, 5.41) is 8.42. The molecule has 0 spiro atoms. The van der Waals surface area contributed by atoms with Crippen LogP contribution in [0.1, 0.15) is 55.6 Å². The van der Waals surface area contributed by atoms with E-state index in [1.54, 1.807) is 0 Å². The molecule has 1 aliphatic heterocycles. The molecule has 7 heteroatoms. The van der Waals surface area contributed by atoms with Crippen molar-refractivity contribution in [1.29, 1.82) is 0 Å². The Balaban J connectivity index is 1.77. The summed E-state index contributed by atoms with van der Waals surface area (Å²) in [7, 11) is 0. The van der Waals surface area contributed by atoms with Crippen LogP contribution in [-0.4, -0.2) is 42.4 Å². The lowest BCUT2D eigenvalue weighted by Gasteiger charge is -2.38. The Morgan fingerprint density at radius 3 is 2.64 bits per heavy atom. The van der Waals surface area contributed by atoms with Gasteiger partial charge in [0.25, 0.3) is 0 Å². The SMILES string of the molecule is Cc1noc([C@@H](C)N2CCCC[C@H]2Cn2nc(C)nc2C)n1. The topological polar surface area (TPSA) is 72.9 Å². The quantitative estimate of drug-likeness (QED) is 0.862. The summed E-state index contributed by atoms with van der Waals surface area (Å²) < 4.78 is 7.39. The van der Waals surface area contributed by atoms with Crippen LogP contribution in [-0.2, 0) is 6.54 Å². The molecule has 2 atom stereocenters. The van der Waals surface area contributed by atoms with Gasteiger partial charge in [0.05, 0.1) is 12.6 Å². The lowest BCUT2D eigenvalue weighted by Crippen LogP contribution is -2.43. The van der Waals surface area contributed by atoms with E-state index >= 15 is 0 Å². The molecule has 0 amide bonds. The Kier molecular flexibility index (Phi) is 4.24. The van der Waals surface area contributed by atoms with Gasteiger partial charge < -0.3 is 4.52 Å². The molecule has 0 aliphatic carbocycles. The van der Waals surface area contributed by atoms with E-state index in [2.05, 4.69) is 32.0 Å². The molecule has 7 nitrogen and oxygen atoms in total. The standard InChI is InChI=1S/C15H24N6O/c1-10(15-17-12(3)19-22-15)20-8-6-5-7-14(20)9-21-13(4)16-11(2)18-21/h10,14H,5-9H2,1-4H3/t10-,14+/m1/s1. The van der Waals surface area contributed by atoms with Crippen molar-refractivity contribution in [2.45, 2.75) is 65.6 Å². The minimum absolute atomic E-state index is 0.136. The van der Waals surface area contributed by atoms with Crippen LogP contribution in [0.4, 0.5) is 0 Å². The first-order chi connectivity index (χ1) is 10.5. The van der Waals surface area contributed by atoms with E-state index in [1.807, 2.05) is 25.5 Å². The van der Waals surface area contributed by atoms with E-state index in [9.17, 15) is 0 Å². The number of nitrogens with zero attached hydrogens (tertiary/aromatic N) is 6. The summed E-state index contributed by atoms with van der Waals surface area (Å²) in [6, 6.07) is 0.562. The summed E-state index contributed by atoms with van der Waals surface area (Å²) in [4.78, 5) is 11.3. The maximum absolute atomic E-state index is 5.37. The number of aryl methyl sites for hydroxylation is 3. The van der Waals surface area contributed by atoms with Gasteiger partial charge in [-0.25, -0.2) is 9.67 Å². The van der Waals surface area contributed by atoms with Crippen LogP contribution in [0.25, 0.3) is 0 Å². The average molecular weight is 304 g/mol. The number of likely N-dealkylation sites (tertiary alicyclic amines) is 1. The lowest BCUT2D eigenvalue weighted by molar-refractivity contribution is 0.0714. The van der Waals surface area contributed by atoms with Crippen LogP contribution in [0.2, 0.25) is 0 Å². The van der Waals surface area contributed by atoms with Gasteiger partial charge in [-0.05, 0) is 47.1 Å². The maximum atomic E-state index is 5.37. The molecule has 1 fully saturated rings. The average Bonchev–Trinajstić information content (AvgIpc) is 3.05. The summed E-state index contributed by atoms with van der Waals surface area (Å²) in [5.41, 5.74) is 0. The van der Waals surface area contributed by atoms with Crippen molar-refractivity contribution >= 4 is 0 Å². The fourth-order valence-electron chi connectivity index (χ4n) is 3.29. The van der Waals surface area contributed by atoms with Crippen molar-refractivity contribution in [1.82, 2.24) is 29.8 Å². The molecule has 2 aromatic heterocycles. The zero-order chi connectivity index (χ0) is 15.7. The van der Waals surface area contributed by atoms with Crippen LogP contribution in [0, 0.1) is 20.8 Å². The third-order valence-electron chi connectivity index (χ3n) is 4.42. The highest BCUT2D eigenvalue weighted by Crippen LogP contribution is 2.28. The van der Waals surface area contributed by atoms with Crippen molar-refractivity contribution in [3.05, 3.63) is 23.4 Å². The summed E-state index contributed by atoms with van der Waals surface area (Å²) in [6.45, 7) is 9.87. The molecule has 2 aromatic rings. The molecule has 22 heavy (non-hydrogen) atoms. The van der Waals surface area contributed by atoms with Crippen molar-refractivity contribution in [2.75, 3.05) is 6.54 Å². The van der Waals surface area contributed by atoms with E-state index in [1.165, 1.54) is 12.8 Å². The first-order valence-electron chi connectivity index (χ1n) is 7.98. The van der Waals surface area contributed by atoms with E-state index < -0.39 is 0 Å². The van der Waals surface area contributed by atoms with E-state index in [4.69, 9.17) is 4.52 Å². The third kappa shape index (κ3) is 3.04. The lowest BCUT2D eigenvalue weighted by atomic mass is 10.00. The van der Waals surface area contributed by atoms with E-state index in [0.29, 0.717) is 17.8 Å². The van der Waals surface area contributed by atoms with Gasteiger partial charge in [-0.2, -0.15) is 10.1 Å². The second-order valence-corrected chi connectivity index (χ2v) is 6.13. The molecule has 3 heterocycles. The van der Waals surface area contributed by atoms with Gasteiger partial charge in [-0.3, -0.25) is 4.90 Å². The highest BCUT2D eigenvalue weighted by Gasteiger charge is 2.30. The number of hydrogen-bond donors (Lipinski definition) is 0. The minimum Gasteiger partial charge on any atom is -0.338 e. The molecule has 3 rings (SSSR count). The number of piperidine rings is 1. The van der Waals surface area contributed by atoms with Gasteiger partial charge in [-0.1, -0.05) is 11.6 Å². The molecule has 0 unspecified atom stereocenters. The molecular formula is C15H24N6O. The zero-order valence-electron chi connectivity index (χ0n) is 13.8. The van der Waals surface area contributed by atoms with Gasteiger partial charge in [0.15, 0.2) is 5.82 Å². The Labute approximate surface area is 130 Å². The van der Waals surface area contributed by atoms with Crippen molar-refractivity contribution in [3.8, 4) is 0 Å². The molecule has 0 radical (unpaired) electrons. The molecule has 1 saturated heterocycles. The maximum Gasteiger partial charge on any atom is 0.243 e. The first-order valence-corrected chi connectivity index (χ1v) is 7.98. The van der Waals surface area contributed by atoms with Crippen LogP contribution < -0.4 is 0 Å². The summed E-state index contributed by atoms with van der Waals surface area (Å²) in [5.74, 6) is 3.21. The fourth-order valence-corrected chi connectivity index (χ4v) is 3.29. The fraction of sp³-hybridized carbons (Fsp3) is 0.733. The van der Waals surface area contributed by atoms with Gasteiger partial charge >= 0.3 is 0 Å². The summed E-state index contributed by atoms with van der Waals surface area (Å²) in [6.07, 6.45) is 3.63. The zero-order valence-corrected chi connectivity index (χ0v) is 13.8. The van der Waals surface area contributed by atoms with Gasteiger partial charge in [0.1, 0.15) is 11.6 Å². The van der Waals surface area contributed by atoms with E-state index in [-0.39, 0.29) is 6.04 Å². The Hall–Kier alpha value is -1.76. The number of aromatic nitrogens is 5. The predicted octanol–water partition coefficient (Wildman–Crippen LogP) is 2.20. The molecule has 1 aliphatic rings. The minimum atomic E-state index is 0.136. The van der Waals surface area contributed by atoms with Crippen molar-refractivity contribution in [3.63, 3.8) is 0 Å². The monoisotopic (exact) mass is 304 g/mol. The summed E-state index contributed by atoms with van der Waals surface area (Å²) >= 11 is 0. The largest absolute Gasteiger partial charge is 0.338 e. The van der Waals surface area contributed by atoms with Crippen molar-refractivity contribution < 1.29 is 4.52 Å². The van der Waals surface area contributed by atoms with Crippen molar-refractivity contribution in [2.24, 2.45) is 0 Å². The Morgan fingerprint density at radius 2 is 2.00 bits per heavy atom. The first kappa shape index (κ1) is 15.1. The molecule has 0 aromatic carbocycles. The highest BCUT2D eigenvalue weighted by atomic mass is 16.5. The van der Waals surface area contributed by atoms with Crippen LogP contribution in [0.5, 0.6) is 0 Å². The highest BCUT2D eigenvalue weighted by molar-refractivity contribution is 4.95. The van der Waals surface area contributed by atoms with Crippen LogP contribution in [0.3, 0.4) is 0 Å². The second kappa shape index (κ2) is 6.16.